The zero-order valence-corrected chi connectivity index (χ0v) is 13.9. The number of carbonyl (C=O) groups is 1. The van der Waals surface area contributed by atoms with Crippen LogP contribution in [0.5, 0.6) is 0 Å². The van der Waals surface area contributed by atoms with E-state index in [9.17, 15) is 17.8 Å². The highest BCUT2D eigenvalue weighted by Gasteiger charge is 2.55. The number of amides is 1. The third-order valence-corrected chi connectivity index (χ3v) is 6.68. The van der Waals surface area contributed by atoms with Crippen LogP contribution in [0.4, 0.5) is 5.13 Å². The van der Waals surface area contributed by atoms with Gasteiger partial charge in [0.2, 0.25) is 5.91 Å². The van der Waals surface area contributed by atoms with Crippen LogP contribution < -0.4 is 4.90 Å². The first-order valence-electron chi connectivity index (χ1n) is 7.31. The SMILES string of the molecule is C[C@@H]1C(=O)N(c2nc3ccccc3s2)[C@H]2CCN(S(=O)(=O)O)[C@H]12. The molecule has 1 aromatic carbocycles. The molecule has 0 spiro atoms. The minimum atomic E-state index is -4.31. The Kier molecular flexibility index (Phi) is 3.24. The molecule has 7 nitrogen and oxygen atoms in total. The van der Waals surface area contributed by atoms with Crippen molar-refractivity contribution < 1.29 is 17.8 Å². The number of rotatable bonds is 2. The van der Waals surface area contributed by atoms with Crippen molar-refractivity contribution in [3.05, 3.63) is 24.3 Å². The first kappa shape index (κ1) is 15.0. The second-order valence-corrected chi connectivity index (χ2v) is 8.27. The molecule has 23 heavy (non-hydrogen) atoms. The summed E-state index contributed by atoms with van der Waals surface area (Å²) in [7, 11) is -4.31. The van der Waals surface area contributed by atoms with Crippen LogP contribution in [-0.2, 0) is 15.1 Å². The molecule has 2 saturated heterocycles. The summed E-state index contributed by atoms with van der Waals surface area (Å²) in [4.78, 5) is 18.8. The summed E-state index contributed by atoms with van der Waals surface area (Å²) in [5.41, 5.74) is 0.820. The number of benzene rings is 1. The zero-order chi connectivity index (χ0) is 16.4. The number of hydrogen-bond acceptors (Lipinski definition) is 5. The van der Waals surface area contributed by atoms with Gasteiger partial charge in [0.05, 0.1) is 28.2 Å². The monoisotopic (exact) mass is 353 g/mol. The van der Waals surface area contributed by atoms with Crippen LogP contribution in [0.1, 0.15) is 13.3 Å². The van der Waals surface area contributed by atoms with Gasteiger partial charge < -0.3 is 0 Å². The molecule has 3 heterocycles. The number of hydrogen-bond donors (Lipinski definition) is 1. The Bertz CT molecular complexity index is 861. The molecule has 1 N–H and O–H groups in total. The smallest absolute Gasteiger partial charge is 0.283 e. The molecule has 1 amide bonds. The largest absolute Gasteiger partial charge is 0.336 e. The van der Waals surface area contributed by atoms with Crippen molar-refractivity contribution in [2.24, 2.45) is 5.92 Å². The van der Waals surface area contributed by atoms with Gasteiger partial charge in [0.25, 0.3) is 0 Å². The Morgan fingerprint density at radius 3 is 2.78 bits per heavy atom. The molecule has 0 radical (unpaired) electrons. The van der Waals surface area contributed by atoms with E-state index in [2.05, 4.69) is 4.98 Å². The van der Waals surface area contributed by atoms with E-state index in [1.807, 2.05) is 24.3 Å². The third kappa shape index (κ3) is 2.18. The average molecular weight is 353 g/mol. The molecule has 0 aliphatic carbocycles. The Morgan fingerprint density at radius 2 is 2.09 bits per heavy atom. The maximum Gasteiger partial charge on any atom is 0.336 e. The summed E-state index contributed by atoms with van der Waals surface area (Å²) < 4.78 is 34.5. The predicted molar refractivity (Wildman–Crippen MR) is 86.7 cm³/mol. The van der Waals surface area contributed by atoms with Crippen LogP contribution in [0.15, 0.2) is 24.3 Å². The molecular weight excluding hydrogens is 338 g/mol. The molecule has 0 saturated carbocycles. The van der Waals surface area contributed by atoms with E-state index >= 15 is 0 Å². The number of thiazole rings is 1. The first-order valence-corrected chi connectivity index (χ1v) is 9.52. The number of fused-ring (bicyclic) bond motifs is 2. The minimum absolute atomic E-state index is 0.146. The Morgan fingerprint density at radius 1 is 1.35 bits per heavy atom. The van der Waals surface area contributed by atoms with Crippen LogP contribution in [-0.4, -0.2) is 46.8 Å². The molecule has 2 aliphatic rings. The van der Waals surface area contributed by atoms with Gasteiger partial charge in [-0.05, 0) is 18.6 Å². The fraction of sp³-hybridized carbons (Fsp3) is 0.429. The number of aromatic nitrogens is 1. The highest BCUT2D eigenvalue weighted by molar-refractivity contribution is 7.83. The minimum Gasteiger partial charge on any atom is -0.283 e. The van der Waals surface area contributed by atoms with Crippen LogP contribution >= 0.6 is 11.3 Å². The molecule has 4 rings (SSSR count). The van der Waals surface area contributed by atoms with Gasteiger partial charge in [0.1, 0.15) is 0 Å². The van der Waals surface area contributed by atoms with Crippen LogP contribution in [0.25, 0.3) is 10.2 Å². The van der Waals surface area contributed by atoms with Crippen molar-refractivity contribution in [2.75, 3.05) is 11.4 Å². The average Bonchev–Trinajstić information content (AvgIpc) is 3.14. The van der Waals surface area contributed by atoms with E-state index in [1.54, 1.807) is 11.8 Å². The van der Waals surface area contributed by atoms with Crippen molar-refractivity contribution in [2.45, 2.75) is 25.4 Å². The van der Waals surface area contributed by atoms with E-state index < -0.39 is 22.3 Å². The second kappa shape index (κ2) is 4.97. The first-order chi connectivity index (χ1) is 10.9. The fourth-order valence-corrected chi connectivity index (χ4v) is 5.63. The van der Waals surface area contributed by atoms with E-state index in [0.717, 1.165) is 14.5 Å². The Balaban J connectivity index is 1.77. The number of carbonyl (C=O) groups excluding carboxylic acids is 1. The summed E-state index contributed by atoms with van der Waals surface area (Å²) in [6, 6.07) is 6.81. The lowest BCUT2D eigenvalue weighted by atomic mass is 10.0. The number of para-hydroxylation sites is 1. The van der Waals surface area contributed by atoms with Gasteiger partial charge in [0, 0.05) is 6.54 Å². The quantitative estimate of drug-likeness (QED) is 0.827. The number of nitrogens with zero attached hydrogens (tertiary/aromatic N) is 3. The maximum atomic E-state index is 12.7. The fourth-order valence-electron chi connectivity index (χ4n) is 3.63. The highest BCUT2D eigenvalue weighted by atomic mass is 32.2. The van der Waals surface area contributed by atoms with E-state index in [4.69, 9.17) is 0 Å². The van der Waals surface area contributed by atoms with E-state index in [0.29, 0.717) is 11.6 Å². The van der Waals surface area contributed by atoms with Gasteiger partial charge in [-0.3, -0.25) is 14.2 Å². The third-order valence-electron chi connectivity index (χ3n) is 4.63. The molecule has 2 aromatic rings. The summed E-state index contributed by atoms with van der Waals surface area (Å²) in [6.45, 7) is 1.92. The van der Waals surface area contributed by atoms with Crippen molar-refractivity contribution in [1.82, 2.24) is 9.29 Å². The van der Waals surface area contributed by atoms with Crippen LogP contribution in [0.3, 0.4) is 0 Å². The van der Waals surface area contributed by atoms with Crippen molar-refractivity contribution in [3.8, 4) is 0 Å². The van der Waals surface area contributed by atoms with Crippen LogP contribution in [0, 0.1) is 5.92 Å². The van der Waals surface area contributed by atoms with Crippen molar-refractivity contribution in [3.63, 3.8) is 0 Å². The van der Waals surface area contributed by atoms with Crippen molar-refractivity contribution >= 4 is 42.9 Å². The molecule has 122 valence electrons. The molecular formula is C14H15N3O4S2. The normalized spacial score (nSPS) is 28.7. The number of anilines is 1. The summed E-state index contributed by atoms with van der Waals surface area (Å²) in [5, 5.41) is 0.590. The van der Waals surface area contributed by atoms with Gasteiger partial charge in [-0.1, -0.05) is 30.4 Å². The molecule has 0 bridgehead atoms. The van der Waals surface area contributed by atoms with Crippen LogP contribution in [0.2, 0.25) is 0 Å². The lowest BCUT2D eigenvalue weighted by molar-refractivity contribution is -0.120. The Hall–Kier alpha value is -1.55. The van der Waals surface area contributed by atoms with E-state index in [-0.39, 0.29) is 18.5 Å². The summed E-state index contributed by atoms with van der Waals surface area (Å²) in [5.74, 6) is -0.649. The lowest BCUT2D eigenvalue weighted by Gasteiger charge is -2.22. The molecule has 0 unspecified atom stereocenters. The molecule has 3 atom stereocenters. The van der Waals surface area contributed by atoms with Gasteiger partial charge >= 0.3 is 10.3 Å². The van der Waals surface area contributed by atoms with Gasteiger partial charge in [-0.15, -0.1) is 0 Å². The molecule has 2 fully saturated rings. The second-order valence-electron chi connectivity index (χ2n) is 5.90. The predicted octanol–water partition coefficient (Wildman–Crippen LogP) is 1.52. The molecule has 2 aliphatic heterocycles. The standard InChI is InChI=1S/C14H15N3O4S2/c1-8-12-10(6-7-16(12)23(19,20)21)17(13(8)18)14-15-9-4-2-3-5-11(9)22-14/h2-5,8,10,12H,6-7H2,1H3,(H,19,20,21)/t8-,10-,12+/m0/s1. The highest BCUT2D eigenvalue weighted by Crippen LogP contribution is 2.42. The zero-order valence-electron chi connectivity index (χ0n) is 12.3. The van der Waals surface area contributed by atoms with Crippen molar-refractivity contribution in [1.29, 1.82) is 0 Å². The summed E-state index contributed by atoms with van der Waals surface area (Å²) >= 11 is 1.42. The van der Waals surface area contributed by atoms with E-state index in [1.165, 1.54) is 11.3 Å². The Labute approximate surface area is 137 Å². The van der Waals surface area contributed by atoms with Gasteiger partial charge in [-0.25, -0.2) is 4.98 Å². The lowest BCUT2D eigenvalue weighted by Crippen LogP contribution is -2.41. The van der Waals surface area contributed by atoms with Gasteiger partial charge in [-0.2, -0.15) is 12.7 Å². The topological polar surface area (TPSA) is 90.8 Å². The van der Waals surface area contributed by atoms with Gasteiger partial charge in [0.15, 0.2) is 5.13 Å². The molecule has 1 aromatic heterocycles. The summed E-state index contributed by atoms with van der Waals surface area (Å²) in [6.07, 6.45) is 0.496. The maximum absolute atomic E-state index is 12.7. The molecule has 9 heteroatoms.